The average molecular weight is 282 g/mol. The van der Waals surface area contributed by atoms with Crippen LogP contribution in [0.5, 0.6) is 0 Å². The van der Waals surface area contributed by atoms with Crippen molar-refractivity contribution in [2.75, 3.05) is 59.2 Å². The maximum absolute atomic E-state index is 5.59. The lowest BCUT2D eigenvalue weighted by Gasteiger charge is -2.37. The summed E-state index contributed by atoms with van der Waals surface area (Å²) < 4.78 is 11.1. The summed E-state index contributed by atoms with van der Waals surface area (Å²) in [4.78, 5) is 7.05. The van der Waals surface area contributed by atoms with Crippen molar-refractivity contribution < 1.29 is 9.47 Å². The molecule has 0 bridgehead atoms. The molecule has 2 saturated heterocycles. The molecule has 0 radical (unpaired) electrons. The standard InChI is InChI=1S/C14H26N4O2/c1-3-15-14(16-4-1)17-10-13(12-2-7-20-11-12)18-5-8-19-9-6-18/h12-13H,1-11H2,(H2,15,16,17)/t12-,13-/m1/s1. The summed E-state index contributed by atoms with van der Waals surface area (Å²) in [7, 11) is 0. The summed E-state index contributed by atoms with van der Waals surface area (Å²) in [6, 6.07) is 0.521. The normalized spacial score (nSPS) is 29.6. The van der Waals surface area contributed by atoms with Crippen LogP contribution in [-0.4, -0.2) is 76.1 Å². The van der Waals surface area contributed by atoms with E-state index < -0.39 is 0 Å². The molecule has 3 aliphatic heterocycles. The van der Waals surface area contributed by atoms with E-state index in [0.717, 1.165) is 71.5 Å². The third-order valence-corrected chi connectivity index (χ3v) is 4.40. The Morgan fingerprint density at radius 1 is 1.30 bits per heavy atom. The minimum Gasteiger partial charge on any atom is -0.381 e. The molecule has 0 amide bonds. The van der Waals surface area contributed by atoms with Gasteiger partial charge in [-0.2, -0.15) is 0 Å². The Bertz CT molecular complexity index is 325. The van der Waals surface area contributed by atoms with Crippen molar-refractivity contribution in [2.45, 2.75) is 18.9 Å². The third kappa shape index (κ3) is 3.62. The molecule has 3 rings (SSSR count). The van der Waals surface area contributed by atoms with Gasteiger partial charge in [0.2, 0.25) is 0 Å². The van der Waals surface area contributed by atoms with Crippen LogP contribution in [0.15, 0.2) is 4.99 Å². The summed E-state index contributed by atoms with van der Waals surface area (Å²) in [5, 5.41) is 6.83. The first-order valence-corrected chi connectivity index (χ1v) is 7.85. The van der Waals surface area contributed by atoms with Gasteiger partial charge in [0.05, 0.1) is 19.8 Å². The fraction of sp³-hybridized carbons (Fsp3) is 0.929. The van der Waals surface area contributed by atoms with E-state index in [0.29, 0.717) is 12.0 Å². The predicted octanol–water partition coefficient (Wildman–Crippen LogP) is -0.337. The molecular formula is C14H26N4O2. The zero-order valence-corrected chi connectivity index (χ0v) is 12.1. The highest BCUT2D eigenvalue weighted by atomic mass is 16.5. The maximum atomic E-state index is 5.59. The van der Waals surface area contributed by atoms with Gasteiger partial charge in [0.25, 0.3) is 0 Å². The smallest absolute Gasteiger partial charge is 0.191 e. The number of hydrogen-bond acceptors (Lipinski definition) is 6. The molecule has 6 heteroatoms. The lowest BCUT2D eigenvalue weighted by Crippen LogP contribution is -2.54. The van der Waals surface area contributed by atoms with Gasteiger partial charge in [0, 0.05) is 51.3 Å². The van der Waals surface area contributed by atoms with Crippen LogP contribution in [0.2, 0.25) is 0 Å². The van der Waals surface area contributed by atoms with Crippen LogP contribution in [-0.2, 0) is 9.47 Å². The number of hydrogen-bond donors (Lipinski definition) is 2. The number of guanidine groups is 1. The molecule has 2 atom stereocenters. The summed E-state index contributed by atoms with van der Waals surface area (Å²) in [5.74, 6) is 1.60. The Morgan fingerprint density at radius 3 is 2.90 bits per heavy atom. The van der Waals surface area contributed by atoms with E-state index >= 15 is 0 Å². The van der Waals surface area contributed by atoms with E-state index in [9.17, 15) is 0 Å². The van der Waals surface area contributed by atoms with Crippen molar-refractivity contribution in [3.05, 3.63) is 0 Å². The van der Waals surface area contributed by atoms with Crippen LogP contribution < -0.4 is 10.6 Å². The van der Waals surface area contributed by atoms with Crippen LogP contribution in [0.25, 0.3) is 0 Å². The van der Waals surface area contributed by atoms with Gasteiger partial charge in [-0.15, -0.1) is 0 Å². The van der Waals surface area contributed by atoms with Crippen LogP contribution in [0.4, 0.5) is 0 Å². The van der Waals surface area contributed by atoms with Gasteiger partial charge < -0.3 is 20.1 Å². The van der Waals surface area contributed by atoms with E-state index in [2.05, 4.69) is 20.5 Å². The summed E-state index contributed by atoms with van der Waals surface area (Å²) in [6.07, 6.45) is 2.30. The monoisotopic (exact) mass is 282 g/mol. The van der Waals surface area contributed by atoms with Crippen molar-refractivity contribution >= 4 is 5.96 Å². The molecular weight excluding hydrogens is 256 g/mol. The first kappa shape index (κ1) is 14.1. The van der Waals surface area contributed by atoms with Gasteiger partial charge in [-0.1, -0.05) is 0 Å². The Morgan fingerprint density at radius 2 is 2.20 bits per heavy atom. The molecule has 3 aliphatic rings. The number of rotatable bonds is 4. The van der Waals surface area contributed by atoms with Gasteiger partial charge in [0.15, 0.2) is 5.96 Å². The molecule has 0 aromatic heterocycles. The van der Waals surface area contributed by atoms with E-state index in [4.69, 9.17) is 9.47 Å². The molecule has 0 saturated carbocycles. The molecule has 0 aliphatic carbocycles. The topological polar surface area (TPSA) is 58.1 Å². The summed E-state index contributed by atoms with van der Waals surface area (Å²) >= 11 is 0. The maximum Gasteiger partial charge on any atom is 0.191 e. The van der Waals surface area contributed by atoms with Gasteiger partial charge >= 0.3 is 0 Å². The molecule has 0 aromatic rings. The second-order valence-electron chi connectivity index (χ2n) is 5.73. The van der Waals surface area contributed by atoms with Gasteiger partial charge in [-0.3, -0.25) is 9.89 Å². The van der Waals surface area contributed by atoms with Crippen molar-refractivity contribution in [2.24, 2.45) is 10.9 Å². The lowest BCUT2D eigenvalue weighted by atomic mass is 9.97. The average Bonchev–Trinajstić information content (AvgIpc) is 3.04. The van der Waals surface area contributed by atoms with E-state index in [1.807, 2.05) is 0 Å². The van der Waals surface area contributed by atoms with Crippen molar-refractivity contribution in [3.8, 4) is 0 Å². The molecule has 6 nitrogen and oxygen atoms in total. The van der Waals surface area contributed by atoms with E-state index in [1.165, 1.54) is 6.42 Å². The molecule has 0 spiro atoms. The zero-order chi connectivity index (χ0) is 13.6. The van der Waals surface area contributed by atoms with Gasteiger partial charge in [-0.25, -0.2) is 0 Å². The number of aliphatic imine (C=N–C) groups is 1. The highest BCUT2D eigenvalue weighted by Gasteiger charge is 2.31. The quantitative estimate of drug-likeness (QED) is 0.739. The number of nitrogens with one attached hydrogen (secondary N) is 2. The van der Waals surface area contributed by atoms with Crippen LogP contribution in [0, 0.1) is 5.92 Å². The molecule has 0 aromatic carbocycles. The third-order valence-electron chi connectivity index (χ3n) is 4.40. The Balaban J connectivity index is 1.57. The Hall–Kier alpha value is -0.850. The molecule has 0 unspecified atom stereocenters. The number of nitrogens with zero attached hydrogens (tertiary/aromatic N) is 2. The highest BCUT2D eigenvalue weighted by Crippen LogP contribution is 2.21. The highest BCUT2D eigenvalue weighted by molar-refractivity contribution is 5.80. The van der Waals surface area contributed by atoms with Crippen LogP contribution in [0.1, 0.15) is 12.8 Å². The Labute approximate surface area is 120 Å². The molecule has 20 heavy (non-hydrogen) atoms. The van der Waals surface area contributed by atoms with E-state index in [1.54, 1.807) is 0 Å². The van der Waals surface area contributed by atoms with E-state index in [-0.39, 0.29) is 0 Å². The summed E-state index contributed by atoms with van der Waals surface area (Å²) in [6.45, 7) is 8.47. The van der Waals surface area contributed by atoms with Crippen molar-refractivity contribution in [1.29, 1.82) is 0 Å². The molecule has 2 fully saturated rings. The largest absolute Gasteiger partial charge is 0.381 e. The first-order chi connectivity index (χ1) is 9.93. The van der Waals surface area contributed by atoms with Crippen molar-refractivity contribution in [1.82, 2.24) is 15.5 Å². The minimum absolute atomic E-state index is 0.521. The fourth-order valence-electron chi connectivity index (χ4n) is 3.21. The molecule has 114 valence electrons. The molecule has 2 N–H and O–H groups in total. The summed E-state index contributed by atoms with van der Waals surface area (Å²) in [5.41, 5.74) is 0. The molecule has 3 heterocycles. The SMILES string of the molecule is C1CN=C(NC[C@H]([C@@H]2CCOC2)N2CCOCC2)NC1. The van der Waals surface area contributed by atoms with Crippen LogP contribution >= 0.6 is 0 Å². The minimum atomic E-state index is 0.521. The second kappa shape index (κ2) is 7.24. The second-order valence-corrected chi connectivity index (χ2v) is 5.73. The number of ether oxygens (including phenoxy) is 2. The first-order valence-electron chi connectivity index (χ1n) is 7.85. The lowest BCUT2D eigenvalue weighted by molar-refractivity contribution is 0.00246. The Kier molecular flexibility index (Phi) is 5.11. The fourth-order valence-corrected chi connectivity index (χ4v) is 3.21. The van der Waals surface area contributed by atoms with Crippen molar-refractivity contribution in [3.63, 3.8) is 0 Å². The van der Waals surface area contributed by atoms with Crippen LogP contribution in [0.3, 0.4) is 0 Å². The predicted molar refractivity (Wildman–Crippen MR) is 78.0 cm³/mol. The number of morpholine rings is 1. The van der Waals surface area contributed by atoms with Gasteiger partial charge in [0.1, 0.15) is 0 Å². The zero-order valence-electron chi connectivity index (χ0n) is 12.1. The van der Waals surface area contributed by atoms with Gasteiger partial charge in [-0.05, 0) is 12.8 Å².